The minimum atomic E-state index is 0.199. The lowest BCUT2D eigenvalue weighted by atomic mass is 9.84. The molecular formula is C20H23NO4. The van der Waals surface area contributed by atoms with E-state index in [9.17, 15) is 5.11 Å². The molecule has 3 aliphatic rings. The van der Waals surface area contributed by atoms with Gasteiger partial charge in [0.25, 0.3) is 0 Å². The predicted molar refractivity (Wildman–Crippen MR) is 95.1 cm³/mol. The fraction of sp³-hybridized carbons (Fsp3) is 0.400. The van der Waals surface area contributed by atoms with Gasteiger partial charge in [0, 0.05) is 18.5 Å². The molecule has 5 heteroatoms. The van der Waals surface area contributed by atoms with E-state index < -0.39 is 0 Å². The Bertz CT molecular complexity index is 833. The van der Waals surface area contributed by atoms with Crippen LogP contribution in [0.25, 0.3) is 0 Å². The van der Waals surface area contributed by atoms with Crippen LogP contribution in [-0.4, -0.2) is 44.9 Å². The SMILES string of the molecule is COc1cc2c(cc1O)C[C@H]1c3cc(OC)c(OC)cc3[C@H]2CN1C. The highest BCUT2D eigenvalue weighted by Gasteiger charge is 2.38. The number of rotatable bonds is 3. The molecular weight excluding hydrogens is 318 g/mol. The number of benzene rings is 2. The van der Waals surface area contributed by atoms with Gasteiger partial charge in [-0.15, -0.1) is 0 Å². The van der Waals surface area contributed by atoms with Crippen LogP contribution >= 0.6 is 0 Å². The van der Waals surface area contributed by atoms with Gasteiger partial charge in [-0.25, -0.2) is 0 Å². The summed E-state index contributed by atoms with van der Waals surface area (Å²) in [6.45, 7) is 0.925. The van der Waals surface area contributed by atoms with Crippen LogP contribution in [0.5, 0.6) is 23.0 Å². The van der Waals surface area contributed by atoms with Gasteiger partial charge in [0.1, 0.15) is 0 Å². The van der Waals surface area contributed by atoms with E-state index in [-0.39, 0.29) is 17.7 Å². The predicted octanol–water partition coefficient (Wildman–Crippen LogP) is 3.09. The highest BCUT2D eigenvalue weighted by atomic mass is 16.5. The Morgan fingerprint density at radius 3 is 2.12 bits per heavy atom. The number of nitrogens with zero attached hydrogens (tertiary/aromatic N) is 1. The van der Waals surface area contributed by atoms with Gasteiger partial charge in [0.05, 0.1) is 21.3 Å². The molecule has 0 saturated carbocycles. The Kier molecular flexibility index (Phi) is 3.76. The average Bonchev–Trinajstić information content (AvgIpc) is 2.83. The highest BCUT2D eigenvalue weighted by Crippen LogP contribution is 2.50. The van der Waals surface area contributed by atoms with Gasteiger partial charge in [-0.05, 0) is 60.0 Å². The maximum atomic E-state index is 10.2. The summed E-state index contributed by atoms with van der Waals surface area (Å²) in [6.07, 6.45) is 0.850. The van der Waals surface area contributed by atoms with E-state index in [4.69, 9.17) is 14.2 Å². The molecule has 2 heterocycles. The maximum Gasteiger partial charge on any atom is 0.161 e. The number of hydrogen-bond acceptors (Lipinski definition) is 5. The van der Waals surface area contributed by atoms with Crippen molar-refractivity contribution in [1.29, 1.82) is 0 Å². The van der Waals surface area contributed by atoms with E-state index in [1.807, 2.05) is 12.1 Å². The van der Waals surface area contributed by atoms with E-state index >= 15 is 0 Å². The Morgan fingerprint density at radius 2 is 1.48 bits per heavy atom. The first kappa shape index (κ1) is 16.1. The van der Waals surface area contributed by atoms with E-state index in [0.29, 0.717) is 5.75 Å². The number of likely N-dealkylation sites (N-methyl/N-ethyl adjacent to an activating group) is 1. The molecule has 0 amide bonds. The van der Waals surface area contributed by atoms with Gasteiger partial charge in [-0.3, -0.25) is 4.90 Å². The van der Waals surface area contributed by atoms with Gasteiger partial charge in [-0.2, -0.15) is 0 Å². The van der Waals surface area contributed by atoms with Crippen molar-refractivity contribution in [2.24, 2.45) is 0 Å². The van der Waals surface area contributed by atoms with E-state index in [1.165, 1.54) is 22.3 Å². The zero-order valence-corrected chi connectivity index (χ0v) is 15.0. The molecule has 5 rings (SSSR count). The number of phenolic OH excluding ortho intramolecular Hbond substituents is 1. The second kappa shape index (κ2) is 5.85. The van der Waals surface area contributed by atoms with Crippen molar-refractivity contribution in [1.82, 2.24) is 4.90 Å². The van der Waals surface area contributed by atoms with Crippen molar-refractivity contribution >= 4 is 0 Å². The van der Waals surface area contributed by atoms with Crippen LogP contribution < -0.4 is 14.2 Å². The summed E-state index contributed by atoms with van der Waals surface area (Å²) in [5.74, 6) is 2.44. The molecule has 0 saturated heterocycles. The first-order valence-corrected chi connectivity index (χ1v) is 8.43. The van der Waals surface area contributed by atoms with Crippen LogP contribution in [0.15, 0.2) is 24.3 Å². The number of phenols is 1. The summed E-state index contributed by atoms with van der Waals surface area (Å²) in [4.78, 5) is 2.38. The monoisotopic (exact) mass is 341 g/mol. The summed E-state index contributed by atoms with van der Waals surface area (Å²) in [6, 6.07) is 8.29. The van der Waals surface area contributed by atoms with Crippen molar-refractivity contribution in [3.05, 3.63) is 46.5 Å². The van der Waals surface area contributed by atoms with Crippen molar-refractivity contribution in [2.45, 2.75) is 18.4 Å². The molecule has 5 nitrogen and oxygen atoms in total. The second-order valence-corrected chi connectivity index (χ2v) is 6.77. The first-order chi connectivity index (χ1) is 12.1. The van der Waals surface area contributed by atoms with Gasteiger partial charge >= 0.3 is 0 Å². The third kappa shape index (κ3) is 2.34. The van der Waals surface area contributed by atoms with Crippen molar-refractivity contribution in [3.63, 3.8) is 0 Å². The zero-order valence-electron chi connectivity index (χ0n) is 15.0. The molecule has 0 aromatic heterocycles. The topological polar surface area (TPSA) is 51.2 Å². The summed E-state index contributed by atoms with van der Waals surface area (Å²) >= 11 is 0. The molecule has 0 fully saturated rings. The summed E-state index contributed by atoms with van der Waals surface area (Å²) in [5.41, 5.74) is 4.93. The molecule has 132 valence electrons. The molecule has 2 atom stereocenters. The Balaban J connectivity index is 1.95. The van der Waals surface area contributed by atoms with Crippen molar-refractivity contribution in [2.75, 3.05) is 34.9 Å². The molecule has 2 bridgehead atoms. The summed E-state index contributed by atoms with van der Waals surface area (Å²) in [5, 5.41) is 10.2. The van der Waals surface area contributed by atoms with E-state index in [0.717, 1.165) is 24.5 Å². The van der Waals surface area contributed by atoms with E-state index in [1.54, 1.807) is 21.3 Å². The van der Waals surface area contributed by atoms with Crippen LogP contribution in [-0.2, 0) is 6.42 Å². The third-order valence-corrected chi connectivity index (χ3v) is 5.56. The van der Waals surface area contributed by atoms with Gasteiger partial charge in [-0.1, -0.05) is 0 Å². The molecule has 0 radical (unpaired) electrons. The van der Waals surface area contributed by atoms with Crippen LogP contribution in [0.4, 0.5) is 0 Å². The maximum absolute atomic E-state index is 10.2. The Morgan fingerprint density at radius 1 is 0.880 bits per heavy atom. The standard InChI is InChI=1S/C20H23NO4/c1-21-10-15-12-7-18(23-2)17(22)6-11(12)5-16(21)14-9-20(25-4)19(24-3)8-13(14)15/h6-9,15-16,22H,5,10H2,1-4H3/t15-,16-/m0/s1. The number of fused-ring (bicyclic) bond motifs is 1. The van der Waals surface area contributed by atoms with Gasteiger partial charge in [0.2, 0.25) is 0 Å². The van der Waals surface area contributed by atoms with Crippen LogP contribution in [0, 0.1) is 0 Å². The highest BCUT2D eigenvalue weighted by molar-refractivity contribution is 5.58. The van der Waals surface area contributed by atoms with E-state index in [2.05, 4.69) is 24.1 Å². The van der Waals surface area contributed by atoms with Gasteiger partial charge < -0.3 is 19.3 Å². The van der Waals surface area contributed by atoms with Gasteiger partial charge in [0.15, 0.2) is 23.0 Å². The zero-order chi connectivity index (χ0) is 17.7. The number of aromatic hydroxyl groups is 1. The Hall–Kier alpha value is -2.40. The van der Waals surface area contributed by atoms with Crippen molar-refractivity contribution < 1.29 is 19.3 Å². The van der Waals surface area contributed by atoms with Crippen molar-refractivity contribution in [3.8, 4) is 23.0 Å². The molecule has 0 spiro atoms. The minimum absolute atomic E-state index is 0.199. The third-order valence-electron chi connectivity index (χ3n) is 5.56. The molecule has 1 aliphatic carbocycles. The summed E-state index contributed by atoms with van der Waals surface area (Å²) < 4.78 is 16.4. The smallest absolute Gasteiger partial charge is 0.161 e. The molecule has 25 heavy (non-hydrogen) atoms. The number of methoxy groups -OCH3 is 3. The Labute approximate surface area is 147 Å². The molecule has 2 aromatic rings. The lowest BCUT2D eigenvalue weighted by Gasteiger charge is -2.36. The lowest BCUT2D eigenvalue weighted by Crippen LogP contribution is -2.33. The minimum Gasteiger partial charge on any atom is -0.504 e. The largest absolute Gasteiger partial charge is 0.504 e. The fourth-order valence-electron chi connectivity index (χ4n) is 4.28. The quantitative estimate of drug-likeness (QED) is 0.930. The van der Waals surface area contributed by atoms with Crippen LogP contribution in [0.3, 0.4) is 0 Å². The molecule has 2 aromatic carbocycles. The molecule has 1 N–H and O–H groups in total. The molecule has 0 unspecified atom stereocenters. The first-order valence-electron chi connectivity index (χ1n) is 8.43. The second-order valence-electron chi connectivity index (χ2n) is 6.77. The number of hydrogen-bond donors (Lipinski definition) is 1. The normalized spacial score (nSPS) is 21.3. The fourth-order valence-corrected chi connectivity index (χ4v) is 4.28. The average molecular weight is 341 g/mol. The molecule has 2 aliphatic heterocycles. The van der Waals surface area contributed by atoms with Crippen LogP contribution in [0.1, 0.15) is 34.2 Å². The van der Waals surface area contributed by atoms with Crippen LogP contribution in [0.2, 0.25) is 0 Å². The lowest BCUT2D eigenvalue weighted by molar-refractivity contribution is 0.225. The summed E-state index contributed by atoms with van der Waals surface area (Å²) in [7, 11) is 7.07. The number of ether oxygens (including phenoxy) is 3.